The number of rotatable bonds is 4. The third-order valence-electron chi connectivity index (χ3n) is 2.97. The first-order valence-corrected chi connectivity index (χ1v) is 7.52. The largest absolute Gasteiger partial charge is 0.496 e. The number of halogens is 2. The van der Waals surface area contributed by atoms with E-state index in [-0.39, 0.29) is 0 Å². The smallest absolute Gasteiger partial charge is 0.133 e. The fourth-order valence-corrected chi connectivity index (χ4v) is 2.77. The molecule has 0 saturated heterocycles. The van der Waals surface area contributed by atoms with E-state index in [2.05, 4.69) is 62.3 Å². The van der Waals surface area contributed by atoms with Gasteiger partial charge in [-0.1, -0.05) is 28.1 Å². The number of hydrogen-bond acceptors (Lipinski definition) is 2. The highest BCUT2D eigenvalue weighted by molar-refractivity contribution is 9.10. The van der Waals surface area contributed by atoms with Crippen molar-refractivity contribution in [3.8, 4) is 5.75 Å². The standard InChI is InChI=1S/C15H15Br2NO/c1-10-12(16)4-3-5-14(10)18-9-11-6-7-15(19-2)13(17)8-11/h3-8,18H,9H2,1-2H3. The van der Waals surface area contributed by atoms with Gasteiger partial charge >= 0.3 is 0 Å². The van der Waals surface area contributed by atoms with Crippen molar-refractivity contribution in [2.75, 3.05) is 12.4 Å². The first kappa shape index (κ1) is 14.4. The fourth-order valence-electron chi connectivity index (χ4n) is 1.82. The van der Waals surface area contributed by atoms with E-state index in [0.717, 1.165) is 26.9 Å². The average Bonchev–Trinajstić information content (AvgIpc) is 2.40. The van der Waals surface area contributed by atoms with Crippen molar-refractivity contribution >= 4 is 37.5 Å². The minimum atomic E-state index is 0.778. The summed E-state index contributed by atoms with van der Waals surface area (Å²) in [7, 11) is 1.67. The molecule has 2 aromatic carbocycles. The van der Waals surface area contributed by atoms with E-state index in [1.165, 1.54) is 11.1 Å². The molecule has 4 heteroatoms. The molecular formula is C15H15Br2NO. The lowest BCUT2D eigenvalue weighted by Gasteiger charge is -2.12. The van der Waals surface area contributed by atoms with Crippen molar-refractivity contribution in [1.29, 1.82) is 0 Å². The minimum absolute atomic E-state index is 0.778. The maximum Gasteiger partial charge on any atom is 0.133 e. The summed E-state index contributed by atoms with van der Waals surface area (Å²) in [5, 5.41) is 3.44. The second kappa shape index (κ2) is 6.44. The third-order valence-corrected chi connectivity index (χ3v) is 4.45. The molecule has 2 aromatic rings. The molecule has 19 heavy (non-hydrogen) atoms. The van der Waals surface area contributed by atoms with Crippen LogP contribution in [0.3, 0.4) is 0 Å². The molecular weight excluding hydrogens is 370 g/mol. The van der Waals surface area contributed by atoms with E-state index >= 15 is 0 Å². The van der Waals surface area contributed by atoms with E-state index in [0.29, 0.717) is 0 Å². The zero-order chi connectivity index (χ0) is 13.8. The lowest BCUT2D eigenvalue weighted by atomic mass is 10.1. The van der Waals surface area contributed by atoms with Crippen LogP contribution in [0.5, 0.6) is 5.75 Å². The van der Waals surface area contributed by atoms with Crippen LogP contribution in [0.4, 0.5) is 5.69 Å². The molecule has 0 unspecified atom stereocenters. The molecule has 2 rings (SSSR count). The van der Waals surface area contributed by atoms with E-state index in [1.807, 2.05) is 18.2 Å². The molecule has 0 aliphatic rings. The average molecular weight is 385 g/mol. The number of anilines is 1. The molecule has 0 aromatic heterocycles. The first-order chi connectivity index (χ1) is 9.11. The number of ether oxygens (including phenoxy) is 1. The van der Waals surface area contributed by atoms with Gasteiger partial charge in [0.2, 0.25) is 0 Å². The third kappa shape index (κ3) is 3.51. The van der Waals surface area contributed by atoms with Crippen molar-refractivity contribution in [3.05, 3.63) is 56.5 Å². The predicted octanol–water partition coefficient (Wildman–Crippen LogP) is 5.14. The number of hydrogen-bond donors (Lipinski definition) is 1. The summed E-state index contributed by atoms with van der Waals surface area (Å²) in [6.07, 6.45) is 0. The van der Waals surface area contributed by atoms with Gasteiger partial charge in [-0.3, -0.25) is 0 Å². The van der Waals surface area contributed by atoms with Crippen LogP contribution in [-0.4, -0.2) is 7.11 Å². The Labute approximate surface area is 130 Å². The van der Waals surface area contributed by atoms with Crippen LogP contribution in [0.2, 0.25) is 0 Å². The van der Waals surface area contributed by atoms with E-state index in [1.54, 1.807) is 7.11 Å². The molecule has 0 aliphatic carbocycles. The Bertz CT molecular complexity index is 584. The second-order valence-corrected chi connectivity index (χ2v) is 5.94. The molecule has 0 atom stereocenters. The normalized spacial score (nSPS) is 10.3. The zero-order valence-corrected chi connectivity index (χ0v) is 14.0. The van der Waals surface area contributed by atoms with Crippen LogP contribution in [-0.2, 0) is 6.54 Å². The maximum atomic E-state index is 5.22. The maximum absolute atomic E-state index is 5.22. The Kier molecular flexibility index (Phi) is 4.88. The number of methoxy groups -OCH3 is 1. The molecule has 0 saturated carbocycles. The SMILES string of the molecule is COc1ccc(CNc2cccc(Br)c2C)cc1Br. The Morgan fingerprint density at radius 2 is 1.89 bits per heavy atom. The lowest BCUT2D eigenvalue weighted by molar-refractivity contribution is 0.412. The van der Waals surface area contributed by atoms with Crippen LogP contribution in [0.1, 0.15) is 11.1 Å². The summed E-state index contributed by atoms with van der Waals surface area (Å²) in [5.74, 6) is 0.849. The summed E-state index contributed by atoms with van der Waals surface area (Å²) in [6.45, 7) is 2.87. The summed E-state index contributed by atoms with van der Waals surface area (Å²) in [5.41, 5.74) is 3.56. The molecule has 0 radical (unpaired) electrons. The van der Waals surface area contributed by atoms with Crippen LogP contribution in [0, 0.1) is 6.92 Å². The lowest BCUT2D eigenvalue weighted by Crippen LogP contribution is -2.01. The fraction of sp³-hybridized carbons (Fsp3) is 0.200. The number of nitrogens with one attached hydrogen (secondary N) is 1. The van der Waals surface area contributed by atoms with E-state index in [9.17, 15) is 0 Å². The summed E-state index contributed by atoms with van der Waals surface area (Å²) >= 11 is 7.04. The molecule has 0 spiro atoms. The summed E-state index contributed by atoms with van der Waals surface area (Å²) in [4.78, 5) is 0. The first-order valence-electron chi connectivity index (χ1n) is 5.93. The van der Waals surface area contributed by atoms with Gasteiger partial charge in [-0.15, -0.1) is 0 Å². The quantitative estimate of drug-likeness (QED) is 0.787. The molecule has 0 aliphatic heterocycles. The van der Waals surface area contributed by atoms with Crippen LogP contribution in [0.25, 0.3) is 0 Å². The molecule has 0 heterocycles. The van der Waals surface area contributed by atoms with Gasteiger partial charge in [0, 0.05) is 16.7 Å². The molecule has 0 amide bonds. The summed E-state index contributed by atoms with van der Waals surface area (Å²) < 4.78 is 7.32. The monoisotopic (exact) mass is 383 g/mol. The topological polar surface area (TPSA) is 21.3 Å². The van der Waals surface area contributed by atoms with Crippen LogP contribution in [0.15, 0.2) is 45.3 Å². The highest BCUT2D eigenvalue weighted by Gasteiger charge is 2.03. The molecule has 0 bridgehead atoms. The molecule has 100 valence electrons. The second-order valence-electron chi connectivity index (χ2n) is 4.23. The zero-order valence-electron chi connectivity index (χ0n) is 10.8. The van der Waals surface area contributed by atoms with Gasteiger partial charge < -0.3 is 10.1 Å². The Balaban J connectivity index is 2.10. The van der Waals surface area contributed by atoms with Gasteiger partial charge in [0.05, 0.1) is 11.6 Å². The van der Waals surface area contributed by atoms with Crippen molar-refractivity contribution in [1.82, 2.24) is 0 Å². The van der Waals surface area contributed by atoms with Crippen molar-refractivity contribution in [3.63, 3.8) is 0 Å². The van der Waals surface area contributed by atoms with Gasteiger partial charge in [0.25, 0.3) is 0 Å². The predicted molar refractivity (Wildman–Crippen MR) is 86.9 cm³/mol. The highest BCUT2D eigenvalue weighted by Crippen LogP contribution is 2.27. The van der Waals surface area contributed by atoms with Crippen molar-refractivity contribution < 1.29 is 4.74 Å². The van der Waals surface area contributed by atoms with Crippen LogP contribution < -0.4 is 10.1 Å². The van der Waals surface area contributed by atoms with Gasteiger partial charge in [0.1, 0.15) is 5.75 Å². The van der Waals surface area contributed by atoms with Gasteiger partial charge in [-0.2, -0.15) is 0 Å². The van der Waals surface area contributed by atoms with E-state index < -0.39 is 0 Å². The Morgan fingerprint density at radius 1 is 1.11 bits per heavy atom. The van der Waals surface area contributed by atoms with Gasteiger partial charge in [0.15, 0.2) is 0 Å². The Morgan fingerprint density at radius 3 is 2.58 bits per heavy atom. The molecule has 1 N–H and O–H groups in total. The van der Waals surface area contributed by atoms with Gasteiger partial charge in [-0.25, -0.2) is 0 Å². The molecule has 0 fully saturated rings. The summed E-state index contributed by atoms with van der Waals surface area (Å²) in [6, 6.07) is 12.3. The van der Waals surface area contributed by atoms with Crippen molar-refractivity contribution in [2.45, 2.75) is 13.5 Å². The molecule has 2 nitrogen and oxygen atoms in total. The Hall–Kier alpha value is -1.000. The van der Waals surface area contributed by atoms with E-state index in [4.69, 9.17) is 4.74 Å². The van der Waals surface area contributed by atoms with Gasteiger partial charge in [-0.05, 0) is 58.2 Å². The number of benzene rings is 2. The van der Waals surface area contributed by atoms with Crippen molar-refractivity contribution in [2.24, 2.45) is 0 Å². The minimum Gasteiger partial charge on any atom is -0.496 e. The highest BCUT2D eigenvalue weighted by atomic mass is 79.9. The van der Waals surface area contributed by atoms with Crippen LogP contribution >= 0.6 is 31.9 Å².